The second-order valence-corrected chi connectivity index (χ2v) is 5.30. The maximum atomic E-state index is 12.0. The number of amides is 3. The summed E-state index contributed by atoms with van der Waals surface area (Å²) in [7, 11) is 3.06. The highest BCUT2D eigenvalue weighted by Crippen LogP contribution is 2.24. The summed E-state index contributed by atoms with van der Waals surface area (Å²) >= 11 is 0. The minimum atomic E-state index is -0.652. The number of benzene rings is 2. The number of para-hydroxylation sites is 4. The fraction of sp³-hybridized carbons (Fsp3) is 0.158. The number of anilines is 2. The van der Waals surface area contributed by atoms with Gasteiger partial charge in [-0.1, -0.05) is 24.3 Å². The van der Waals surface area contributed by atoms with Crippen LogP contribution in [-0.2, 0) is 4.79 Å². The van der Waals surface area contributed by atoms with Crippen molar-refractivity contribution in [3.8, 4) is 11.5 Å². The zero-order valence-electron chi connectivity index (χ0n) is 14.8. The van der Waals surface area contributed by atoms with Gasteiger partial charge in [0, 0.05) is 11.8 Å². The number of imide groups is 1. The Morgan fingerprint density at radius 1 is 0.846 bits per heavy atom. The van der Waals surface area contributed by atoms with E-state index < -0.39 is 11.9 Å². The predicted octanol–water partition coefficient (Wildman–Crippen LogP) is 3.37. The number of hydrogen-bond acceptors (Lipinski definition) is 5. The Morgan fingerprint density at radius 2 is 1.35 bits per heavy atom. The van der Waals surface area contributed by atoms with Gasteiger partial charge in [0.05, 0.1) is 25.6 Å². The van der Waals surface area contributed by atoms with Crippen molar-refractivity contribution in [3.63, 3.8) is 0 Å². The van der Waals surface area contributed by atoms with Crippen LogP contribution in [0.25, 0.3) is 0 Å². The van der Waals surface area contributed by atoms with Crippen LogP contribution in [0, 0.1) is 0 Å². The molecule has 0 fully saturated rings. The standard InChI is InChI=1S/C19H21N3O4/c1-13(20-14-8-4-6-10-16(14)25-2)12-18(23)22-19(24)21-15-9-5-7-11-17(15)26-3/h4-12,20H,1-3H3,(H2,21,22,23,24)/b13-12+. The van der Waals surface area contributed by atoms with Gasteiger partial charge in [-0.15, -0.1) is 0 Å². The molecule has 136 valence electrons. The largest absolute Gasteiger partial charge is 0.495 e. The number of rotatable bonds is 6. The number of ether oxygens (including phenoxy) is 2. The summed E-state index contributed by atoms with van der Waals surface area (Å²) in [6, 6.07) is 13.6. The lowest BCUT2D eigenvalue weighted by molar-refractivity contribution is -0.115. The summed E-state index contributed by atoms with van der Waals surface area (Å²) in [5, 5.41) is 7.86. The van der Waals surface area contributed by atoms with Crippen molar-refractivity contribution in [1.29, 1.82) is 0 Å². The molecule has 0 aliphatic carbocycles. The minimum absolute atomic E-state index is 0.466. The molecule has 0 aliphatic rings. The first-order valence-corrected chi connectivity index (χ1v) is 7.87. The summed E-state index contributed by atoms with van der Waals surface area (Å²) in [5.41, 5.74) is 1.74. The van der Waals surface area contributed by atoms with Crippen LogP contribution in [0.2, 0.25) is 0 Å². The molecule has 7 heteroatoms. The Labute approximate surface area is 152 Å². The van der Waals surface area contributed by atoms with Crippen LogP contribution in [0.15, 0.2) is 60.3 Å². The molecule has 0 saturated carbocycles. The first kappa shape index (κ1) is 18.9. The van der Waals surface area contributed by atoms with Gasteiger partial charge < -0.3 is 20.1 Å². The summed E-state index contributed by atoms with van der Waals surface area (Å²) in [5.74, 6) is 0.589. The van der Waals surface area contributed by atoms with E-state index in [1.54, 1.807) is 44.4 Å². The Kier molecular flexibility index (Phi) is 6.61. The van der Waals surface area contributed by atoms with Gasteiger partial charge >= 0.3 is 6.03 Å². The van der Waals surface area contributed by atoms with Gasteiger partial charge in [-0.05, 0) is 31.2 Å². The van der Waals surface area contributed by atoms with E-state index in [-0.39, 0.29) is 0 Å². The Bertz CT molecular complexity index is 818. The zero-order valence-corrected chi connectivity index (χ0v) is 14.8. The number of hydrogen-bond donors (Lipinski definition) is 3. The summed E-state index contributed by atoms with van der Waals surface area (Å²) in [6.45, 7) is 1.71. The molecule has 2 aromatic rings. The van der Waals surface area contributed by atoms with Crippen LogP contribution >= 0.6 is 0 Å². The van der Waals surface area contributed by atoms with Crippen molar-refractivity contribution in [1.82, 2.24) is 5.32 Å². The first-order chi connectivity index (χ1) is 12.5. The molecule has 2 rings (SSSR count). The van der Waals surface area contributed by atoms with E-state index in [1.807, 2.05) is 18.2 Å². The van der Waals surface area contributed by atoms with E-state index in [9.17, 15) is 9.59 Å². The highest BCUT2D eigenvalue weighted by molar-refractivity contribution is 6.05. The van der Waals surface area contributed by atoms with Crippen LogP contribution in [0.3, 0.4) is 0 Å². The third kappa shape index (κ3) is 5.27. The summed E-state index contributed by atoms with van der Waals surface area (Å²) < 4.78 is 10.4. The lowest BCUT2D eigenvalue weighted by Crippen LogP contribution is -2.33. The molecule has 2 aromatic carbocycles. The molecule has 0 aromatic heterocycles. The molecule has 0 aliphatic heterocycles. The van der Waals surface area contributed by atoms with Crippen molar-refractivity contribution < 1.29 is 19.1 Å². The number of carbonyl (C=O) groups is 2. The molecule has 0 spiro atoms. The number of methoxy groups -OCH3 is 2. The third-order valence-corrected chi connectivity index (χ3v) is 3.38. The van der Waals surface area contributed by atoms with Gasteiger partial charge in [-0.2, -0.15) is 0 Å². The molecule has 7 nitrogen and oxygen atoms in total. The van der Waals surface area contributed by atoms with E-state index >= 15 is 0 Å². The highest BCUT2D eigenvalue weighted by atomic mass is 16.5. The van der Waals surface area contributed by atoms with E-state index in [2.05, 4.69) is 16.0 Å². The molecule has 0 atom stereocenters. The van der Waals surface area contributed by atoms with Gasteiger partial charge in [0.15, 0.2) is 0 Å². The Morgan fingerprint density at radius 3 is 1.88 bits per heavy atom. The van der Waals surface area contributed by atoms with Gasteiger partial charge in [0.2, 0.25) is 0 Å². The molecule has 0 bridgehead atoms. The lowest BCUT2D eigenvalue weighted by atomic mass is 10.2. The van der Waals surface area contributed by atoms with E-state index in [4.69, 9.17) is 9.47 Å². The molecule has 0 saturated heterocycles. The fourth-order valence-electron chi connectivity index (χ4n) is 2.24. The van der Waals surface area contributed by atoms with Gasteiger partial charge in [-0.3, -0.25) is 10.1 Å². The highest BCUT2D eigenvalue weighted by Gasteiger charge is 2.09. The smallest absolute Gasteiger partial charge is 0.326 e. The molecule has 3 N–H and O–H groups in total. The average Bonchev–Trinajstić information content (AvgIpc) is 2.62. The van der Waals surface area contributed by atoms with Gasteiger partial charge in [-0.25, -0.2) is 4.79 Å². The van der Waals surface area contributed by atoms with Crippen molar-refractivity contribution >= 4 is 23.3 Å². The van der Waals surface area contributed by atoms with Gasteiger partial charge in [0.25, 0.3) is 5.91 Å². The van der Waals surface area contributed by atoms with Crippen LogP contribution < -0.4 is 25.4 Å². The summed E-state index contributed by atoms with van der Waals surface area (Å²) in [4.78, 5) is 24.0. The number of nitrogens with one attached hydrogen (secondary N) is 3. The fourth-order valence-corrected chi connectivity index (χ4v) is 2.24. The van der Waals surface area contributed by atoms with Crippen molar-refractivity contribution in [2.75, 3.05) is 24.9 Å². The maximum Gasteiger partial charge on any atom is 0.326 e. The van der Waals surface area contributed by atoms with Crippen LogP contribution in [0.1, 0.15) is 6.92 Å². The maximum absolute atomic E-state index is 12.0. The third-order valence-electron chi connectivity index (χ3n) is 3.38. The van der Waals surface area contributed by atoms with E-state index in [1.165, 1.54) is 13.2 Å². The van der Waals surface area contributed by atoms with Crippen molar-refractivity contribution in [2.24, 2.45) is 0 Å². The van der Waals surface area contributed by atoms with Crippen molar-refractivity contribution in [2.45, 2.75) is 6.92 Å². The molecule has 0 unspecified atom stereocenters. The number of carbonyl (C=O) groups excluding carboxylic acids is 2. The molecule has 0 heterocycles. The van der Waals surface area contributed by atoms with E-state index in [0.717, 1.165) is 5.69 Å². The average molecular weight is 355 g/mol. The molecular weight excluding hydrogens is 334 g/mol. The van der Waals surface area contributed by atoms with Gasteiger partial charge in [0.1, 0.15) is 11.5 Å². The molecule has 3 amide bonds. The second kappa shape index (κ2) is 9.12. The van der Waals surface area contributed by atoms with E-state index in [0.29, 0.717) is 22.9 Å². The monoisotopic (exact) mass is 355 g/mol. The lowest BCUT2D eigenvalue weighted by Gasteiger charge is -2.11. The summed E-state index contributed by atoms with van der Waals surface area (Å²) in [6.07, 6.45) is 1.29. The normalized spacial score (nSPS) is 10.7. The Hall–Kier alpha value is -3.48. The van der Waals surface area contributed by atoms with Crippen LogP contribution in [0.4, 0.5) is 16.2 Å². The number of urea groups is 1. The molecule has 0 radical (unpaired) electrons. The topological polar surface area (TPSA) is 88.7 Å². The quantitative estimate of drug-likeness (QED) is 0.692. The SMILES string of the molecule is COc1ccccc1NC(=O)NC(=O)/C=C(\C)Nc1ccccc1OC. The predicted molar refractivity (Wildman–Crippen MR) is 101 cm³/mol. The number of allylic oxidation sites excluding steroid dienone is 1. The van der Waals surface area contributed by atoms with Crippen LogP contribution in [-0.4, -0.2) is 26.2 Å². The molecule has 26 heavy (non-hydrogen) atoms. The van der Waals surface area contributed by atoms with Crippen LogP contribution in [0.5, 0.6) is 11.5 Å². The molecular formula is C19H21N3O4. The second-order valence-electron chi connectivity index (χ2n) is 5.30. The zero-order chi connectivity index (χ0) is 18.9. The first-order valence-electron chi connectivity index (χ1n) is 7.87. The Balaban J connectivity index is 1.96. The minimum Gasteiger partial charge on any atom is -0.495 e. The van der Waals surface area contributed by atoms with Crippen molar-refractivity contribution in [3.05, 3.63) is 60.3 Å².